The molecule has 0 unspecified atom stereocenters. The van der Waals surface area contributed by atoms with Crippen LogP contribution in [0.15, 0.2) is 65.3 Å². The predicted molar refractivity (Wildman–Crippen MR) is 120 cm³/mol. The Hall–Kier alpha value is -2.53. The van der Waals surface area contributed by atoms with E-state index in [0.29, 0.717) is 5.92 Å². The topological polar surface area (TPSA) is 34.6 Å². The van der Waals surface area contributed by atoms with E-state index in [2.05, 4.69) is 57.2 Å². The van der Waals surface area contributed by atoms with Gasteiger partial charge in [0.15, 0.2) is 0 Å². The lowest BCUT2D eigenvalue weighted by atomic mass is 10.1. The molecule has 1 aliphatic carbocycles. The van der Waals surface area contributed by atoms with E-state index in [1.165, 1.54) is 29.5 Å². The van der Waals surface area contributed by atoms with E-state index in [-0.39, 0.29) is 0 Å². The van der Waals surface area contributed by atoms with Crippen LogP contribution in [0.1, 0.15) is 35.4 Å². The molecule has 3 aromatic rings. The highest BCUT2D eigenvalue weighted by molar-refractivity contribution is 9.10. The maximum atomic E-state index is 5.29. The third kappa shape index (κ3) is 4.91. The monoisotopic (exact) mass is 452 g/mol. The second kappa shape index (κ2) is 8.87. The van der Waals surface area contributed by atoms with E-state index < -0.39 is 0 Å². The molecule has 0 amide bonds. The van der Waals surface area contributed by atoms with Crippen molar-refractivity contribution in [3.05, 3.63) is 82.0 Å². The van der Waals surface area contributed by atoms with Gasteiger partial charge in [0.25, 0.3) is 0 Å². The van der Waals surface area contributed by atoms with E-state index >= 15 is 0 Å². The quantitative estimate of drug-likeness (QED) is 0.395. The van der Waals surface area contributed by atoms with Crippen LogP contribution < -0.4 is 14.4 Å². The molecule has 0 bridgehead atoms. The summed E-state index contributed by atoms with van der Waals surface area (Å²) in [6.07, 6.45) is 2.53. The van der Waals surface area contributed by atoms with Gasteiger partial charge in [-0.15, -0.1) is 0 Å². The number of ether oxygens (including phenoxy) is 2. The number of rotatable bonds is 8. The van der Waals surface area contributed by atoms with Crippen molar-refractivity contribution >= 4 is 21.7 Å². The van der Waals surface area contributed by atoms with Crippen molar-refractivity contribution in [1.29, 1.82) is 0 Å². The van der Waals surface area contributed by atoms with Gasteiger partial charge in [-0.2, -0.15) is 0 Å². The first-order valence-electron chi connectivity index (χ1n) is 9.83. The van der Waals surface area contributed by atoms with Gasteiger partial charge in [0.2, 0.25) is 0 Å². The maximum absolute atomic E-state index is 5.29. The van der Waals surface area contributed by atoms with Crippen molar-refractivity contribution in [2.24, 2.45) is 0 Å². The van der Waals surface area contributed by atoms with Gasteiger partial charge < -0.3 is 14.4 Å². The molecule has 4 nitrogen and oxygen atoms in total. The molecule has 0 N–H and O–H groups in total. The van der Waals surface area contributed by atoms with Gasteiger partial charge in [0.05, 0.1) is 14.2 Å². The lowest BCUT2D eigenvalue weighted by molar-refractivity contribution is 0.414. The largest absolute Gasteiger partial charge is 0.497 e. The van der Waals surface area contributed by atoms with Gasteiger partial charge in [0, 0.05) is 13.1 Å². The van der Waals surface area contributed by atoms with E-state index in [0.717, 1.165) is 35.0 Å². The maximum Gasteiger partial charge on any atom is 0.130 e. The molecular formula is C24H25BrN2O2. The highest BCUT2D eigenvalue weighted by Gasteiger charge is 2.26. The molecule has 1 saturated carbocycles. The second-order valence-corrected chi connectivity index (χ2v) is 8.13. The number of hydrogen-bond acceptors (Lipinski definition) is 4. The highest BCUT2D eigenvalue weighted by atomic mass is 79.9. The van der Waals surface area contributed by atoms with Crippen molar-refractivity contribution in [1.82, 2.24) is 4.98 Å². The molecule has 1 fully saturated rings. The minimum absolute atomic E-state index is 0.669. The Kier molecular flexibility index (Phi) is 6.05. The number of pyridine rings is 1. The molecule has 1 aromatic heterocycles. The van der Waals surface area contributed by atoms with E-state index in [1.807, 2.05) is 24.3 Å². The van der Waals surface area contributed by atoms with Crippen LogP contribution in [-0.2, 0) is 13.1 Å². The summed E-state index contributed by atoms with van der Waals surface area (Å²) in [6.45, 7) is 1.52. The average Bonchev–Trinajstić information content (AvgIpc) is 3.59. The number of benzene rings is 2. The summed E-state index contributed by atoms with van der Waals surface area (Å²) in [4.78, 5) is 7.18. The molecule has 1 aliphatic rings. The number of aromatic nitrogens is 1. The van der Waals surface area contributed by atoms with E-state index in [1.54, 1.807) is 14.2 Å². The van der Waals surface area contributed by atoms with Crippen LogP contribution in [0.25, 0.3) is 0 Å². The fourth-order valence-electron chi connectivity index (χ4n) is 3.43. The lowest BCUT2D eigenvalue weighted by Gasteiger charge is -2.25. The Bertz CT molecular complexity index is 904. The normalized spacial score (nSPS) is 13.2. The van der Waals surface area contributed by atoms with E-state index in [9.17, 15) is 0 Å². The summed E-state index contributed by atoms with van der Waals surface area (Å²) >= 11 is 3.69. The number of nitrogens with zero attached hydrogens (tertiary/aromatic N) is 2. The van der Waals surface area contributed by atoms with Crippen molar-refractivity contribution in [2.45, 2.75) is 31.8 Å². The smallest absolute Gasteiger partial charge is 0.130 e. The van der Waals surface area contributed by atoms with Gasteiger partial charge >= 0.3 is 0 Å². The number of anilines is 1. The zero-order valence-corrected chi connectivity index (χ0v) is 18.4. The van der Waals surface area contributed by atoms with Crippen LogP contribution in [0.2, 0.25) is 0 Å². The van der Waals surface area contributed by atoms with Crippen LogP contribution >= 0.6 is 15.9 Å². The highest BCUT2D eigenvalue weighted by Crippen LogP contribution is 2.43. The zero-order chi connectivity index (χ0) is 20.2. The third-order valence-corrected chi connectivity index (χ3v) is 5.90. The second-order valence-electron chi connectivity index (χ2n) is 7.38. The summed E-state index contributed by atoms with van der Waals surface area (Å²) in [5.74, 6) is 3.37. The van der Waals surface area contributed by atoms with Crippen molar-refractivity contribution in [2.75, 3.05) is 19.1 Å². The third-order valence-electron chi connectivity index (χ3n) is 5.27. The van der Waals surface area contributed by atoms with Gasteiger partial charge in [-0.25, -0.2) is 4.98 Å². The van der Waals surface area contributed by atoms with Crippen LogP contribution in [0.4, 0.5) is 5.82 Å². The van der Waals surface area contributed by atoms with Crippen LogP contribution in [-0.4, -0.2) is 19.2 Å². The molecule has 0 spiro atoms. The zero-order valence-electron chi connectivity index (χ0n) is 16.8. The lowest BCUT2D eigenvalue weighted by Crippen LogP contribution is -2.23. The Labute approximate surface area is 180 Å². The molecule has 0 atom stereocenters. The molecule has 0 radical (unpaired) electrons. The fraction of sp³-hybridized carbons (Fsp3) is 0.292. The van der Waals surface area contributed by atoms with Gasteiger partial charge in [-0.05, 0) is 81.7 Å². The number of halogens is 1. The summed E-state index contributed by atoms with van der Waals surface area (Å²) in [5, 5.41) is 0. The first-order chi connectivity index (χ1) is 14.2. The van der Waals surface area contributed by atoms with Gasteiger partial charge in [-0.3, -0.25) is 0 Å². The first-order valence-corrected chi connectivity index (χ1v) is 10.6. The Morgan fingerprint density at radius 2 is 1.34 bits per heavy atom. The first kappa shape index (κ1) is 19.8. The summed E-state index contributed by atoms with van der Waals surface area (Å²) in [7, 11) is 3.38. The van der Waals surface area contributed by atoms with Gasteiger partial charge in [-0.1, -0.05) is 30.3 Å². The molecule has 0 aliphatic heterocycles. The standard InChI is InChI=1S/C24H25BrN2O2/c1-28-20-9-3-17(4-10-20)15-27(16-18-5-11-21(29-2)12-6-18)23-14-13-22(19-7-8-19)24(25)26-23/h3-6,9-14,19H,7-8,15-16H2,1-2H3. The molecule has 2 aromatic carbocycles. The fourth-order valence-corrected chi connectivity index (χ4v) is 4.07. The molecule has 150 valence electrons. The molecule has 4 rings (SSSR count). The Morgan fingerprint density at radius 3 is 1.76 bits per heavy atom. The molecule has 5 heteroatoms. The van der Waals surface area contributed by atoms with E-state index in [4.69, 9.17) is 14.5 Å². The van der Waals surface area contributed by atoms with Crippen molar-refractivity contribution in [3.8, 4) is 11.5 Å². The van der Waals surface area contributed by atoms with Crippen LogP contribution in [0.5, 0.6) is 11.5 Å². The van der Waals surface area contributed by atoms with Crippen molar-refractivity contribution in [3.63, 3.8) is 0 Å². The predicted octanol–water partition coefficient (Wildman–Crippen LogP) is 5.95. The minimum atomic E-state index is 0.669. The Morgan fingerprint density at radius 1 is 0.828 bits per heavy atom. The Balaban J connectivity index is 1.60. The number of hydrogen-bond donors (Lipinski definition) is 0. The summed E-state index contributed by atoms with van der Waals surface area (Å²) in [5.41, 5.74) is 3.75. The molecule has 1 heterocycles. The summed E-state index contributed by atoms with van der Waals surface area (Å²) in [6, 6.07) is 20.8. The van der Waals surface area contributed by atoms with Crippen molar-refractivity contribution < 1.29 is 9.47 Å². The molecule has 29 heavy (non-hydrogen) atoms. The van der Waals surface area contributed by atoms with Crippen LogP contribution in [0, 0.1) is 0 Å². The average molecular weight is 453 g/mol. The SMILES string of the molecule is COc1ccc(CN(Cc2ccc(OC)cc2)c2ccc(C3CC3)c(Br)n2)cc1. The minimum Gasteiger partial charge on any atom is -0.497 e. The summed E-state index contributed by atoms with van der Waals surface area (Å²) < 4.78 is 11.5. The van der Waals surface area contributed by atoms with Crippen LogP contribution in [0.3, 0.4) is 0 Å². The molecular weight excluding hydrogens is 428 g/mol. The number of methoxy groups -OCH3 is 2. The molecule has 0 saturated heterocycles. The van der Waals surface area contributed by atoms with Gasteiger partial charge in [0.1, 0.15) is 21.9 Å².